The SMILES string of the molecule is CC(C)CCCOC(=O)[S]. The molecule has 1 radical (unpaired) electrons. The second-order valence-corrected chi connectivity index (χ2v) is 2.97. The monoisotopic (exact) mass is 161 g/mol. The lowest BCUT2D eigenvalue weighted by atomic mass is 10.1. The van der Waals surface area contributed by atoms with E-state index in [-0.39, 0.29) is 0 Å². The van der Waals surface area contributed by atoms with Gasteiger partial charge in [0.1, 0.15) is 0 Å². The Labute approximate surface area is 67.4 Å². The first-order valence-corrected chi connectivity index (χ1v) is 3.87. The lowest BCUT2D eigenvalue weighted by Crippen LogP contribution is -1.98. The Morgan fingerprint density at radius 3 is 2.60 bits per heavy atom. The van der Waals surface area contributed by atoms with E-state index in [1.54, 1.807) is 0 Å². The molecular weight excluding hydrogens is 148 g/mol. The van der Waals surface area contributed by atoms with Gasteiger partial charge >= 0.3 is 5.30 Å². The molecule has 0 aromatic heterocycles. The third kappa shape index (κ3) is 7.69. The minimum absolute atomic E-state index is 0.473. The van der Waals surface area contributed by atoms with Gasteiger partial charge in [-0.2, -0.15) is 0 Å². The van der Waals surface area contributed by atoms with Crippen LogP contribution >= 0.6 is 12.6 Å². The van der Waals surface area contributed by atoms with Crippen LogP contribution in [0.25, 0.3) is 0 Å². The Morgan fingerprint density at radius 1 is 1.60 bits per heavy atom. The van der Waals surface area contributed by atoms with Crippen molar-refractivity contribution in [2.45, 2.75) is 26.7 Å². The third-order valence-corrected chi connectivity index (χ3v) is 1.26. The van der Waals surface area contributed by atoms with Crippen LogP contribution in [-0.2, 0) is 4.74 Å². The van der Waals surface area contributed by atoms with Gasteiger partial charge in [-0.05, 0) is 18.8 Å². The minimum Gasteiger partial charge on any atom is -0.454 e. The molecule has 3 heteroatoms. The molecule has 0 aliphatic carbocycles. The van der Waals surface area contributed by atoms with Gasteiger partial charge in [-0.25, -0.2) is 4.79 Å². The Morgan fingerprint density at radius 2 is 2.20 bits per heavy atom. The number of hydrogen-bond donors (Lipinski definition) is 0. The molecule has 0 saturated carbocycles. The molecule has 0 fully saturated rings. The Hall–Kier alpha value is -0.310. The molecule has 0 heterocycles. The van der Waals surface area contributed by atoms with Crippen LogP contribution in [0.3, 0.4) is 0 Å². The fourth-order valence-corrected chi connectivity index (χ4v) is 0.730. The molecule has 0 rings (SSSR count). The fourth-order valence-electron chi connectivity index (χ4n) is 0.647. The first-order valence-electron chi connectivity index (χ1n) is 3.46. The van der Waals surface area contributed by atoms with E-state index in [9.17, 15) is 4.79 Å². The van der Waals surface area contributed by atoms with E-state index in [2.05, 4.69) is 31.2 Å². The number of carbonyl (C=O) groups excluding carboxylic acids is 1. The zero-order valence-electron chi connectivity index (χ0n) is 6.42. The highest BCUT2D eigenvalue weighted by Gasteiger charge is 1.96. The Balaban J connectivity index is 2.98. The second kappa shape index (κ2) is 5.47. The van der Waals surface area contributed by atoms with Gasteiger partial charge < -0.3 is 4.74 Å². The van der Waals surface area contributed by atoms with Crippen molar-refractivity contribution in [2.75, 3.05) is 6.61 Å². The summed E-state index contributed by atoms with van der Waals surface area (Å²) in [6.07, 6.45) is 2.00. The average Bonchev–Trinajstić information content (AvgIpc) is 1.79. The number of hydrogen-bond acceptors (Lipinski definition) is 2. The molecule has 0 atom stereocenters. The fraction of sp³-hybridized carbons (Fsp3) is 0.857. The molecule has 0 N–H and O–H groups in total. The molecule has 0 saturated heterocycles. The first kappa shape index (κ1) is 9.69. The van der Waals surface area contributed by atoms with Crippen LogP contribution in [0, 0.1) is 5.92 Å². The number of rotatable bonds is 4. The van der Waals surface area contributed by atoms with E-state index >= 15 is 0 Å². The van der Waals surface area contributed by atoms with E-state index < -0.39 is 5.30 Å². The summed E-state index contributed by atoms with van der Waals surface area (Å²) in [5.74, 6) is 0.670. The van der Waals surface area contributed by atoms with Crippen LogP contribution in [0.15, 0.2) is 0 Å². The predicted octanol–water partition coefficient (Wildman–Crippen LogP) is 2.76. The maximum Gasteiger partial charge on any atom is 0.400 e. The standard InChI is InChI=1S/C7H13O2S/c1-6(2)4-3-5-9-7(8)10/h6H,3-5H2,1-2H3. The van der Waals surface area contributed by atoms with Crippen molar-refractivity contribution in [3.63, 3.8) is 0 Å². The van der Waals surface area contributed by atoms with Crippen molar-refractivity contribution >= 4 is 17.9 Å². The van der Waals surface area contributed by atoms with E-state index in [1.165, 1.54) is 0 Å². The molecule has 0 aromatic rings. The summed E-state index contributed by atoms with van der Waals surface area (Å²) in [7, 11) is 0. The summed E-state index contributed by atoms with van der Waals surface area (Å²) in [6, 6.07) is 0. The van der Waals surface area contributed by atoms with E-state index in [1.807, 2.05) is 0 Å². The van der Waals surface area contributed by atoms with Gasteiger partial charge in [0.15, 0.2) is 0 Å². The van der Waals surface area contributed by atoms with Crippen LogP contribution < -0.4 is 0 Å². The van der Waals surface area contributed by atoms with Crippen molar-refractivity contribution in [3.8, 4) is 0 Å². The molecule has 0 bridgehead atoms. The highest BCUT2D eigenvalue weighted by atomic mass is 32.1. The summed E-state index contributed by atoms with van der Waals surface area (Å²) >= 11 is 4.20. The maximum absolute atomic E-state index is 10.1. The molecule has 59 valence electrons. The minimum atomic E-state index is -0.594. The smallest absolute Gasteiger partial charge is 0.400 e. The van der Waals surface area contributed by atoms with E-state index in [0.29, 0.717) is 12.5 Å². The van der Waals surface area contributed by atoms with E-state index in [0.717, 1.165) is 12.8 Å². The summed E-state index contributed by atoms with van der Waals surface area (Å²) in [5, 5.41) is -0.594. The molecule has 0 aliphatic heterocycles. The van der Waals surface area contributed by atoms with Crippen LogP contribution in [0.2, 0.25) is 0 Å². The summed E-state index contributed by atoms with van der Waals surface area (Å²) < 4.78 is 4.57. The van der Waals surface area contributed by atoms with Crippen molar-refractivity contribution < 1.29 is 9.53 Å². The lowest BCUT2D eigenvalue weighted by molar-refractivity contribution is 0.171. The molecule has 2 nitrogen and oxygen atoms in total. The zero-order valence-corrected chi connectivity index (χ0v) is 7.24. The van der Waals surface area contributed by atoms with Crippen LogP contribution in [0.1, 0.15) is 26.7 Å². The van der Waals surface area contributed by atoms with Gasteiger partial charge in [0.25, 0.3) is 0 Å². The zero-order chi connectivity index (χ0) is 7.98. The van der Waals surface area contributed by atoms with Gasteiger partial charge in [-0.3, -0.25) is 0 Å². The van der Waals surface area contributed by atoms with Crippen LogP contribution in [0.4, 0.5) is 4.79 Å². The quantitative estimate of drug-likeness (QED) is 0.468. The maximum atomic E-state index is 10.1. The summed E-state index contributed by atoms with van der Waals surface area (Å²) in [4.78, 5) is 10.1. The molecule has 0 aliphatic rings. The molecular formula is C7H13O2S. The van der Waals surface area contributed by atoms with Gasteiger partial charge in [0.2, 0.25) is 0 Å². The molecule has 0 unspecified atom stereocenters. The second-order valence-electron chi connectivity index (χ2n) is 2.63. The van der Waals surface area contributed by atoms with Crippen molar-refractivity contribution in [3.05, 3.63) is 0 Å². The van der Waals surface area contributed by atoms with Crippen LogP contribution in [-0.4, -0.2) is 11.9 Å². The lowest BCUT2D eigenvalue weighted by Gasteiger charge is -2.02. The van der Waals surface area contributed by atoms with Crippen molar-refractivity contribution in [1.82, 2.24) is 0 Å². The third-order valence-electron chi connectivity index (χ3n) is 1.15. The van der Waals surface area contributed by atoms with Gasteiger partial charge in [0.05, 0.1) is 6.61 Å². The number of ether oxygens (including phenoxy) is 1. The largest absolute Gasteiger partial charge is 0.454 e. The van der Waals surface area contributed by atoms with Crippen LogP contribution in [0.5, 0.6) is 0 Å². The summed E-state index contributed by atoms with van der Waals surface area (Å²) in [6.45, 7) is 4.74. The topological polar surface area (TPSA) is 26.3 Å². The van der Waals surface area contributed by atoms with Gasteiger partial charge in [-0.15, -0.1) is 0 Å². The van der Waals surface area contributed by atoms with E-state index in [4.69, 9.17) is 0 Å². The average molecular weight is 161 g/mol. The summed E-state index contributed by atoms with van der Waals surface area (Å²) in [5.41, 5.74) is 0. The molecule has 0 spiro atoms. The Bertz CT molecular complexity index is 102. The predicted molar refractivity (Wildman–Crippen MR) is 43.0 cm³/mol. The highest BCUT2D eigenvalue weighted by molar-refractivity contribution is 7.96. The normalized spacial score (nSPS) is 9.90. The number of carbonyl (C=O) groups is 1. The molecule has 0 amide bonds. The van der Waals surface area contributed by atoms with Crippen molar-refractivity contribution in [1.29, 1.82) is 0 Å². The molecule has 0 aromatic carbocycles. The van der Waals surface area contributed by atoms with Crippen molar-refractivity contribution in [2.24, 2.45) is 5.92 Å². The first-order chi connectivity index (χ1) is 4.63. The highest BCUT2D eigenvalue weighted by Crippen LogP contribution is 2.03. The van der Waals surface area contributed by atoms with Gasteiger partial charge in [0, 0.05) is 12.6 Å². The van der Waals surface area contributed by atoms with Gasteiger partial charge in [-0.1, -0.05) is 13.8 Å². The molecule has 10 heavy (non-hydrogen) atoms. The Kier molecular flexibility index (Phi) is 5.30.